The zero-order valence-corrected chi connectivity index (χ0v) is 14.5. The molecular formula is C19H22ClFN2O. The first-order valence-corrected chi connectivity index (χ1v) is 8.55. The summed E-state index contributed by atoms with van der Waals surface area (Å²) in [5.41, 5.74) is 1.98. The summed E-state index contributed by atoms with van der Waals surface area (Å²) in [7, 11) is 1.61. The normalized spacial score (nSPS) is 21.7. The van der Waals surface area contributed by atoms with Gasteiger partial charge in [0.05, 0.1) is 13.2 Å². The van der Waals surface area contributed by atoms with Gasteiger partial charge in [-0.3, -0.25) is 5.84 Å². The first-order valence-electron chi connectivity index (χ1n) is 8.17. The monoisotopic (exact) mass is 348 g/mol. The van der Waals surface area contributed by atoms with Gasteiger partial charge in [0.1, 0.15) is 11.6 Å². The molecule has 0 amide bonds. The van der Waals surface area contributed by atoms with Crippen molar-refractivity contribution in [1.82, 2.24) is 5.01 Å². The zero-order valence-electron chi connectivity index (χ0n) is 13.7. The molecule has 2 aromatic carbocycles. The highest BCUT2D eigenvalue weighted by Crippen LogP contribution is 2.38. The lowest BCUT2D eigenvalue weighted by atomic mass is 9.81. The van der Waals surface area contributed by atoms with E-state index in [2.05, 4.69) is 6.07 Å². The van der Waals surface area contributed by atoms with Gasteiger partial charge in [0, 0.05) is 11.6 Å². The SMILES string of the molecule is COc1ccc(F)cc1CC1CCCN(N)C1c1cccc(Cl)c1. The Morgan fingerprint density at radius 3 is 2.88 bits per heavy atom. The smallest absolute Gasteiger partial charge is 0.123 e. The largest absolute Gasteiger partial charge is 0.496 e. The third-order valence-corrected chi connectivity index (χ3v) is 4.94. The molecule has 0 radical (unpaired) electrons. The average molecular weight is 349 g/mol. The molecule has 3 rings (SSSR count). The Balaban J connectivity index is 1.91. The topological polar surface area (TPSA) is 38.5 Å². The fourth-order valence-electron chi connectivity index (χ4n) is 3.66. The molecule has 128 valence electrons. The number of rotatable bonds is 4. The molecule has 0 aromatic heterocycles. The number of hydrogen-bond donors (Lipinski definition) is 1. The van der Waals surface area contributed by atoms with Gasteiger partial charge in [0.25, 0.3) is 0 Å². The van der Waals surface area contributed by atoms with Crippen LogP contribution in [0.5, 0.6) is 5.75 Å². The number of piperidine rings is 1. The minimum atomic E-state index is -0.245. The lowest BCUT2D eigenvalue weighted by Crippen LogP contribution is -2.44. The molecule has 2 N–H and O–H groups in total. The lowest BCUT2D eigenvalue weighted by Gasteiger charge is -2.39. The molecule has 2 unspecified atom stereocenters. The van der Waals surface area contributed by atoms with E-state index >= 15 is 0 Å². The highest BCUT2D eigenvalue weighted by Gasteiger charge is 2.32. The van der Waals surface area contributed by atoms with Crippen molar-refractivity contribution in [2.45, 2.75) is 25.3 Å². The fourth-order valence-corrected chi connectivity index (χ4v) is 3.86. The van der Waals surface area contributed by atoms with Crippen molar-refractivity contribution in [1.29, 1.82) is 0 Å². The molecule has 24 heavy (non-hydrogen) atoms. The summed E-state index contributed by atoms with van der Waals surface area (Å²) in [6, 6.07) is 12.5. The van der Waals surface area contributed by atoms with Crippen LogP contribution in [0, 0.1) is 11.7 Å². The second-order valence-electron chi connectivity index (χ2n) is 6.30. The molecule has 1 heterocycles. The summed E-state index contributed by atoms with van der Waals surface area (Å²) in [5, 5.41) is 2.58. The molecule has 1 saturated heterocycles. The van der Waals surface area contributed by atoms with E-state index in [-0.39, 0.29) is 17.8 Å². The molecule has 5 heteroatoms. The van der Waals surface area contributed by atoms with Crippen LogP contribution in [0.15, 0.2) is 42.5 Å². The predicted octanol–water partition coefficient (Wildman–Crippen LogP) is 4.36. The van der Waals surface area contributed by atoms with Gasteiger partial charge in [-0.05, 0) is 66.6 Å². The van der Waals surface area contributed by atoms with Crippen LogP contribution < -0.4 is 10.6 Å². The summed E-state index contributed by atoms with van der Waals surface area (Å²) < 4.78 is 19.1. The highest BCUT2D eigenvalue weighted by molar-refractivity contribution is 6.30. The van der Waals surface area contributed by atoms with Crippen molar-refractivity contribution in [3.05, 3.63) is 64.4 Å². The fraction of sp³-hybridized carbons (Fsp3) is 0.368. The first kappa shape index (κ1) is 17.2. The molecule has 2 atom stereocenters. The van der Waals surface area contributed by atoms with Gasteiger partial charge in [0.2, 0.25) is 0 Å². The van der Waals surface area contributed by atoms with Crippen molar-refractivity contribution < 1.29 is 9.13 Å². The summed E-state index contributed by atoms with van der Waals surface area (Å²) in [5.74, 6) is 7.04. The molecule has 2 aromatic rings. The number of nitrogens with two attached hydrogens (primary N) is 1. The van der Waals surface area contributed by atoms with Crippen LogP contribution in [-0.4, -0.2) is 18.7 Å². The quantitative estimate of drug-likeness (QED) is 0.834. The minimum Gasteiger partial charge on any atom is -0.496 e. The maximum absolute atomic E-state index is 13.7. The van der Waals surface area contributed by atoms with Gasteiger partial charge >= 0.3 is 0 Å². The molecule has 1 aliphatic heterocycles. The predicted molar refractivity (Wildman–Crippen MR) is 94.5 cm³/mol. The molecule has 1 aliphatic rings. The third-order valence-electron chi connectivity index (χ3n) is 4.71. The maximum atomic E-state index is 13.7. The van der Waals surface area contributed by atoms with Crippen LogP contribution in [0.2, 0.25) is 5.02 Å². The molecule has 0 bridgehead atoms. The second kappa shape index (κ2) is 7.51. The van der Waals surface area contributed by atoms with Crippen molar-refractivity contribution in [2.24, 2.45) is 11.8 Å². The van der Waals surface area contributed by atoms with Crippen LogP contribution >= 0.6 is 11.6 Å². The van der Waals surface area contributed by atoms with Crippen molar-refractivity contribution in [3.8, 4) is 5.75 Å². The van der Waals surface area contributed by atoms with Gasteiger partial charge in [0.15, 0.2) is 0 Å². The number of methoxy groups -OCH3 is 1. The second-order valence-corrected chi connectivity index (χ2v) is 6.74. The van der Waals surface area contributed by atoms with E-state index in [0.717, 1.165) is 36.3 Å². The summed E-state index contributed by atoms with van der Waals surface area (Å²) in [4.78, 5) is 0. The Labute approximate surface area is 147 Å². The van der Waals surface area contributed by atoms with Gasteiger partial charge in [-0.25, -0.2) is 9.40 Å². The molecular weight excluding hydrogens is 327 g/mol. The summed E-state index contributed by atoms with van der Waals surface area (Å²) in [6.45, 7) is 0.841. The van der Waals surface area contributed by atoms with Crippen LogP contribution in [0.4, 0.5) is 4.39 Å². The molecule has 1 fully saturated rings. The van der Waals surface area contributed by atoms with E-state index in [1.54, 1.807) is 19.2 Å². The minimum absolute atomic E-state index is 0.0606. The average Bonchev–Trinajstić information content (AvgIpc) is 2.55. The number of ether oxygens (including phenoxy) is 1. The van der Waals surface area contributed by atoms with E-state index in [9.17, 15) is 4.39 Å². The Hall–Kier alpha value is -1.62. The molecule has 3 nitrogen and oxygen atoms in total. The van der Waals surface area contributed by atoms with Gasteiger partial charge < -0.3 is 4.74 Å². The van der Waals surface area contributed by atoms with E-state index < -0.39 is 0 Å². The van der Waals surface area contributed by atoms with Gasteiger partial charge in [-0.15, -0.1) is 0 Å². The Morgan fingerprint density at radius 1 is 1.29 bits per heavy atom. The van der Waals surface area contributed by atoms with Crippen molar-refractivity contribution in [3.63, 3.8) is 0 Å². The molecule has 0 saturated carbocycles. The molecule has 0 spiro atoms. The van der Waals surface area contributed by atoms with Crippen LogP contribution in [-0.2, 0) is 6.42 Å². The first-order chi connectivity index (χ1) is 11.6. The number of halogens is 2. The van der Waals surface area contributed by atoms with Gasteiger partial charge in [-0.2, -0.15) is 0 Å². The van der Waals surface area contributed by atoms with E-state index in [0.29, 0.717) is 11.4 Å². The summed E-state index contributed by atoms with van der Waals surface area (Å²) >= 11 is 6.16. The number of hydrogen-bond acceptors (Lipinski definition) is 3. The van der Waals surface area contributed by atoms with Crippen LogP contribution in [0.25, 0.3) is 0 Å². The lowest BCUT2D eigenvalue weighted by molar-refractivity contribution is 0.0922. The Morgan fingerprint density at radius 2 is 2.12 bits per heavy atom. The van der Waals surface area contributed by atoms with Crippen molar-refractivity contribution in [2.75, 3.05) is 13.7 Å². The Kier molecular flexibility index (Phi) is 5.39. The van der Waals surface area contributed by atoms with E-state index in [1.165, 1.54) is 6.07 Å². The number of nitrogens with zero attached hydrogens (tertiary/aromatic N) is 1. The number of hydrazine groups is 1. The third kappa shape index (κ3) is 3.72. The molecule has 0 aliphatic carbocycles. The standard InChI is InChI=1S/C19H22ClFN2O/c1-24-18-8-7-17(21)12-15(18)10-13-5-3-9-23(22)19(13)14-4-2-6-16(20)11-14/h2,4,6-8,11-13,19H,3,5,9-10,22H2,1H3. The number of benzene rings is 2. The van der Waals surface area contributed by atoms with E-state index in [1.807, 2.05) is 23.2 Å². The van der Waals surface area contributed by atoms with Crippen LogP contribution in [0.1, 0.15) is 30.0 Å². The van der Waals surface area contributed by atoms with E-state index in [4.69, 9.17) is 22.2 Å². The maximum Gasteiger partial charge on any atom is 0.123 e. The van der Waals surface area contributed by atoms with Crippen LogP contribution in [0.3, 0.4) is 0 Å². The van der Waals surface area contributed by atoms with Crippen molar-refractivity contribution >= 4 is 11.6 Å². The summed E-state index contributed by atoms with van der Waals surface area (Å²) in [6.07, 6.45) is 2.77. The zero-order chi connectivity index (χ0) is 17.1. The highest BCUT2D eigenvalue weighted by atomic mass is 35.5. The Bertz CT molecular complexity index is 710. The van der Waals surface area contributed by atoms with Gasteiger partial charge in [-0.1, -0.05) is 23.7 Å².